The largest absolute Gasteiger partial charge is 0.478 e. The van der Waals surface area contributed by atoms with Crippen molar-refractivity contribution >= 4 is 34.9 Å². The molecule has 210 valence electrons. The molecule has 0 saturated carbocycles. The molecule has 0 radical (unpaired) electrons. The smallest absolute Gasteiger partial charge is 0.335 e. The van der Waals surface area contributed by atoms with E-state index >= 15 is 0 Å². The van der Waals surface area contributed by atoms with Gasteiger partial charge in [0.05, 0.1) is 23.3 Å². The van der Waals surface area contributed by atoms with E-state index in [0.717, 1.165) is 45.1 Å². The molecule has 0 bridgehead atoms. The number of aryl methyl sites for hydroxylation is 3. The van der Waals surface area contributed by atoms with E-state index in [0.29, 0.717) is 11.7 Å². The maximum atomic E-state index is 13.0. The van der Waals surface area contributed by atoms with Crippen LogP contribution in [0.3, 0.4) is 0 Å². The molecular weight excluding hydrogens is 534 g/mol. The molecule has 2 atom stereocenters. The highest BCUT2D eigenvalue weighted by Gasteiger charge is 2.41. The number of carbonyl (C=O) groups is 2. The van der Waals surface area contributed by atoms with Gasteiger partial charge in [0.25, 0.3) is 0 Å². The number of amides is 1. The molecule has 1 saturated heterocycles. The number of benzene rings is 2. The fourth-order valence-electron chi connectivity index (χ4n) is 5.57. The first-order valence-corrected chi connectivity index (χ1v) is 13.9. The van der Waals surface area contributed by atoms with E-state index in [2.05, 4.69) is 31.2 Å². The summed E-state index contributed by atoms with van der Waals surface area (Å²) in [5, 5.41) is 16.7. The van der Waals surface area contributed by atoms with Crippen molar-refractivity contribution in [2.75, 3.05) is 11.9 Å². The molecule has 41 heavy (non-hydrogen) atoms. The Morgan fingerprint density at radius 2 is 1.76 bits per heavy atom. The Morgan fingerprint density at radius 1 is 1.00 bits per heavy atom. The summed E-state index contributed by atoms with van der Waals surface area (Å²) >= 11 is 5.82. The minimum absolute atomic E-state index is 0.0891. The molecule has 1 fully saturated rings. The minimum Gasteiger partial charge on any atom is -0.478 e. The molecule has 3 N–H and O–H groups in total. The number of aromatic carboxylic acids is 1. The lowest BCUT2D eigenvalue weighted by atomic mass is 9.96. The number of nitrogens with one attached hydrogen (secondary N) is 2. The summed E-state index contributed by atoms with van der Waals surface area (Å²) in [6.07, 6.45) is 2.01. The molecule has 5 rings (SSSR count). The highest BCUT2D eigenvalue weighted by Crippen LogP contribution is 2.41. The van der Waals surface area contributed by atoms with Gasteiger partial charge < -0.3 is 25.2 Å². The van der Waals surface area contributed by atoms with Crippen LogP contribution in [-0.2, 0) is 4.79 Å². The van der Waals surface area contributed by atoms with Crippen molar-refractivity contribution in [3.63, 3.8) is 0 Å². The quantitative estimate of drug-likeness (QED) is 0.231. The minimum atomic E-state index is -0.968. The SMILES string of the molecule is Cc1ccccc1NC(=O)CCN1C(=S)N[C@@H](c2ccccn2)[C@H]1c1cc(C)n(-c2cc(C(=O)O)ccc2C)c1C. The summed E-state index contributed by atoms with van der Waals surface area (Å²) < 4.78 is 2.09. The van der Waals surface area contributed by atoms with Crippen molar-refractivity contribution < 1.29 is 14.7 Å². The van der Waals surface area contributed by atoms with Gasteiger partial charge in [0.2, 0.25) is 5.91 Å². The van der Waals surface area contributed by atoms with Crippen LogP contribution in [0.15, 0.2) is 72.9 Å². The Balaban J connectivity index is 1.51. The van der Waals surface area contributed by atoms with Gasteiger partial charge in [-0.25, -0.2) is 4.79 Å². The standard InChI is InChI=1S/C32H33N5O3S/c1-19-9-5-6-10-25(19)34-28(38)14-16-36-30(29(35-32(36)41)26-11-7-8-15-33-26)24-17-21(3)37(22(24)4)27-18-23(31(39)40)13-12-20(27)2/h5-13,15,17-18,29-30H,14,16H2,1-4H3,(H,34,38)(H,35,41)(H,39,40)/t29-,30+/m0/s1. The molecule has 4 aromatic rings. The van der Waals surface area contributed by atoms with Gasteiger partial charge in [-0.1, -0.05) is 30.3 Å². The zero-order chi connectivity index (χ0) is 29.3. The first kappa shape index (κ1) is 28.0. The Bertz CT molecular complexity index is 1630. The molecule has 0 aliphatic carbocycles. The average molecular weight is 568 g/mol. The van der Waals surface area contributed by atoms with Gasteiger partial charge in [0, 0.05) is 41.9 Å². The van der Waals surface area contributed by atoms with E-state index in [-0.39, 0.29) is 30.0 Å². The summed E-state index contributed by atoms with van der Waals surface area (Å²) in [6, 6.07) is 20.3. The van der Waals surface area contributed by atoms with Gasteiger partial charge >= 0.3 is 5.97 Å². The van der Waals surface area contributed by atoms with E-state index in [1.807, 2.05) is 76.2 Å². The van der Waals surface area contributed by atoms with Gasteiger partial charge in [-0.3, -0.25) is 9.78 Å². The Labute approximate surface area is 245 Å². The molecule has 0 spiro atoms. The zero-order valence-electron chi connectivity index (χ0n) is 23.5. The van der Waals surface area contributed by atoms with Crippen molar-refractivity contribution in [1.82, 2.24) is 19.8 Å². The van der Waals surface area contributed by atoms with Gasteiger partial charge in [-0.2, -0.15) is 0 Å². The zero-order valence-corrected chi connectivity index (χ0v) is 24.3. The number of thiocarbonyl (C=S) groups is 1. The number of aromatic nitrogens is 2. The lowest BCUT2D eigenvalue weighted by Gasteiger charge is -2.28. The van der Waals surface area contributed by atoms with Gasteiger partial charge in [-0.05, 0) is 93.0 Å². The summed E-state index contributed by atoms with van der Waals surface area (Å²) in [5.41, 5.74) is 7.64. The number of hydrogen-bond acceptors (Lipinski definition) is 4. The van der Waals surface area contributed by atoms with E-state index in [1.165, 1.54) is 0 Å². The first-order valence-electron chi connectivity index (χ1n) is 13.5. The fraction of sp³-hybridized carbons (Fsp3) is 0.250. The first-order chi connectivity index (χ1) is 19.7. The second-order valence-electron chi connectivity index (χ2n) is 10.4. The number of carbonyl (C=O) groups excluding carboxylic acids is 1. The second-order valence-corrected chi connectivity index (χ2v) is 10.8. The van der Waals surface area contributed by atoms with Crippen molar-refractivity contribution in [3.8, 4) is 5.69 Å². The number of rotatable bonds is 8. The molecule has 1 aliphatic rings. The van der Waals surface area contributed by atoms with Crippen LogP contribution in [0.1, 0.15) is 62.6 Å². The summed E-state index contributed by atoms with van der Waals surface area (Å²) in [4.78, 5) is 31.4. The Hall–Kier alpha value is -4.50. The highest BCUT2D eigenvalue weighted by molar-refractivity contribution is 7.80. The topological polar surface area (TPSA) is 99.5 Å². The number of carboxylic acid groups (broad SMARTS) is 1. The number of nitrogens with zero attached hydrogens (tertiary/aromatic N) is 3. The maximum absolute atomic E-state index is 13.0. The van der Waals surface area contributed by atoms with Gasteiger partial charge in [0.1, 0.15) is 0 Å². The molecular formula is C32H33N5O3S. The van der Waals surface area contributed by atoms with Crippen LogP contribution in [0.2, 0.25) is 0 Å². The summed E-state index contributed by atoms with van der Waals surface area (Å²) in [7, 11) is 0. The number of pyridine rings is 1. The summed E-state index contributed by atoms with van der Waals surface area (Å²) in [6.45, 7) is 8.40. The lowest BCUT2D eigenvalue weighted by Crippen LogP contribution is -2.33. The van der Waals surface area contributed by atoms with Crippen LogP contribution in [0, 0.1) is 27.7 Å². The van der Waals surface area contributed by atoms with Crippen LogP contribution in [0.4, 0.5) is 5.69 Å². The number of hydrogen-bond donors (Lipinski definition) is 3. The molecule has 2 aromatic heterocycles. The fourth-order valence-corrected chi connectivity index (χ4v) is 5.91. The lowest BCUT2D eigenvalue weighted by molar-refractivity contribution is -0.116. The van der Waals surface area contributed by atoms with Crippen molar-refractivity contribution in [3.05, 3.63) is 112 Å². The van der Waals surface area contributed by atoms with E-state index in [1.54, 1.807) is 18.3 Å². The third-order valence-corrected chi connectivity index (χ3v) is 8.03. The van der Waals surface area contributed by atoms with Crippen molar-refractivity contribution in [2.45, 2.75) is 46.2 Å². The van der Waals surface area contributed by atoms with E-state index < -0.39 is 5.97 Å². The second kappa shape index (κ2) is 11.5. The molecule has 3 heterocycles. The summed E-state index contributed by atoms with van der Waals surface area (Å²) in [5.74, 6) is -1.06. The van der Waals surface area contributed by atoms with Gasteiger partial charge in [-0.15, -0.1) is 0 Å². The number of para-hydroxylation sites is 1. The molecule has 8 nitrogen and oxygen atoms in total. The molecule has 1 aliphatic heterocycles. The van der Waals surface area contributed by atoms with Crippen LogP contribution in [-0.4, -0.2) is 43.1 Å². The Kier molecular flexibility index (Phi) is 7.90. The number of anilines is 1. The van der Waals surface area contributed by atoms with Crippen LogP contribution in [0.5, 0.6) is 0 Å². The van der Waals surface area contributed by atoms with Gasteiger partial charge in [0.15, 0.2) is 5.11 Å². The number of carboxylic acids is 1. The average Bonchev–Trinajstić information content (AvgIpc) is 3.43. The predicted octanol–water partition coefficient (Wildman–Crippen LogP) is 5.81. The molecule has 2 aromatic carbocycles. The van der Waals surface area contributed by atoms with E-state index in [9.17, 15) is 14.7 Å². The van der Waals surface area contributed by atoms with E-state index in [4.69, 9.17) is 12.2 Å². The normalized spacial score (nSPS) is 16.5. The maximum Gasteiger partial charge on any atom is 0.335 e. The van der Waals surface area contributed by atoms with Crippen LogP contribution < -0.4 is 10.6 Å². The molecule has 1 amide bonds. The molecule has 9 heteroatoms. The van der Waals surface area contributed by atoms with Crippen LogP contribution in [0.25, 0.3) is 5.69 Å². The van der Waals surface area contributed by atoms with Crippen molar-refractivity contribution in [2.24, 2.45) is 0 Å². The third kappa shape index (κ3) is 5.58. The van der Waals surface area contributed by atoms with Crippen molar-refractivity contribution in [1.29, 1.82) is 0 Å². The third-order valence-electron chi connectivity index (χ3n) is 7.68. The highest BCUT2D eigenvalue weighted by atomic mass is 32.1. The Morgan fingerprint density at radius 3 is 2.46 bits per heavy atom. The monoisotopic (exact) mass is 567 g/mol. The predicted molar refractivity (Wildman–Crippen MR) is 164 cm³/mol. The molecule has 0 unspecified atom stereocenters. The van der Waals surface area contributed by atoms with Crippen LogP contribution >= 0.6 is 12.2 Å².